The van der Waals surface area contributed by atoms with Crippen molar-refractivity contribution in [1.82, 2.24) is 4.90 Å². The summed E-state index contributed by atoms with van der Waals surface area (Å²) in [7, 11) is 3.20. The van der Waals surface area contributed by atoms with Crippen molar-refractivity contribution in [3.05, 3.63) is 63.5 Å². The highest BCUT2D eigenvalue weighted by molar-refractivity contribution is 8.26. The molecule has 1 fully saturated rings. The smallest absolute Gasteiger partial charge is 0.266 e. The Morgan fingerprint density at radius 3 is 2.48 bits per heavy atom. The van der Waals surface area contributed by atoms with Crippen molar-refractivity contribution in [3.63, 3.8) is 0 Å². The molecule has 0 bridgehead atoms. The molecular weight excluding hydrogens is 402 g/mol. The fraction of sp³-hybridized carbons (Fsp3) is 0.200. The van der Waals surface area contributed by atoms with E-state index in [0.717, 1.165) is 11.1 Å². The van der Waals surface area contributed by atoms with Crippen LogP contribution >= 0.6 is 35.6 Å². The number of hydrogen-bond acceptors (Lipinski definition) is 5. The average molecular weight is 420 g/mol. The number of ether oxygens (including phenoxy) is 2. The molecule has 7 heteroatoms. The van der Waals surface area contributed by atoms with Gasteiger partial charge in [0.25, 0.3) is 5.91 Å². The maximum absolute atomic E-state index is 12.7. The number of rotatable bonds is 6. The molecule has 0 unspecified atom stereocenters. The third kappa shape index (κ3) is 4.64. The van der Waals surface area contributed by atoms with Crippen LogP contribution in [-0.4, -0.2) is 35.9 Å². The quantitative estimate of drug-likeness (QED) is 0.496. The number of thiocarbonyl (C=S) groups is 1. The number of hydrogen-bond donors (Lipinski definition) is 0. The number of amides is 1. The van der Waals surface area contributed by atoms with Gasteiger partial charge in [-0.15, -0.1) is 0 Å². The molecule has 0 radical (unpaired) electrons. The summed E-state index contributed by atoms with van der Waals surface area (Å²) < 4.78 is 11.2. The van der Waals surface area contributed by atoms with E-state index in [9.17, 15) is 4.79 Å². The Morgan fingerprint density at radius 2 is 1.81 bits per heavy atom. The molecule has 140 valence electrons. The Balaban J connectivity index is 1.70. The van der Waals surface area contributed by atoms with Crippen LogP contribution in [0.2, 0.25) is 5.02 Å². The number of carbonyl (C=O) groups is 1. The monoisotopic (exact) mass is 419 g/mol. The van der Waals surface area contributed by atoms with Crippen molar-refractivity contribution in [2.45, 2.75) is 6.42 Å². The molecule has 1 aliphatic heterocycles. The molecule has 1 heterocycles. The van der Waals surface area contributed by atoms with Crippen LogP contribution < -0.4 is 9.47 Å². The highest BCUT2D eigenvalue weighted by atomic mass is 35.5. The highest BCUT2D eigenvalue weighted by Gasteiger charge is 2.31. The van der Waals surface area contributed by atoms with E-state index < -0.39 is 0 Å². The van der Waals surface area contributed by atoms with Gasteiger partial charge in [-0.1, -0.05) is 53.8 Å². The van der Waals surface area contributed by atoms with Crippen LogP contribution in [0.3, 0.4) is 0 Å². The molecule has 27 heavy (non-hydrogen) atoms. The SMILES string of the molecule is COc1ccc(CCN2C(=O)C(=Cc3ccc(Cl)cc3)SC2=S)cc1OC. The van der Waals surface area contributed by atoms with Gasteiger partial charge in [0.1, 0.15) is 4.32 Å². The summed E-state index contributed by atoms with van der Waals surface area (Å²) >= 11 is 12.6. The van der Waals surface area contributed by atoms with Crippen LogP contribution in [0.15, 0.2) is 47.4 Å². The minimum Gasteiger partial charge on any atom is -0.493 e. The Morgan fingerprint density at radius 1 is 1.11 bits per heavy atom. The van der Waals surface area contributed by atoms with Gasteiger partial charge in [-0.3, -0.25) is 9.69 Å². The summed E-state index contributed by atoms with van der Waals surface area (Å²) in [6.45, 7) is 0.512. The number of halogens is 1. The zero-order valence-corrected chi connectivity index (χ0v) is 17.3. The minimum atomic E-state index is -0.0690. The minimum absolute atomic E-state index is 0.0690. The first-order valence-electron chi connectivity index (χ1n) is 8.23. The van der Waals surface area contributed by atoms with Crippen LogP contribution in [0.25, 0.3) is 6.08 Å². The predicted octanol–water partition coefficient (Wildman–Crippen LogP) is 4.80. The Labute approximate surface area is 173 Å². The second-order valence-electron chi connectivity index (χ2n) is 5.82. The van der Waals surface area contributed by atoms with E-state index in [2.05, 4.69) is 0 Å². The lowest BCUT2D eigenvalue weighted by molar-refractivity contribution is -0.122. The summed E-state index contributed by atoms with van der Waals surface area (Å²) in [6, 6.07) is 13.1. The normalized spacial score (nSPS) is 15.5. The second-order valence-corrected chi connectivity index (χ2v) is 7.94. The molecule has 2 aromatic carbocycles. The number of methoxy groups -OCH3 is 2. The van der Waals surface area contributed by atoms with E-state index in [4.69, 9.17) is 33.3 Å². The number of carbonyl (C=O) groups excluding carboxylic acids is 1. The molecule has 0 saturated carbocycles. The van der Waals surface area contributed by atoms with E-state index in [-0.39, 0.29) is 5.91 Å². The van der Waals surface area contributed by atoms with Gasteiger partial charge in [-0.25, -0.2) is 0 Å². The number of benzene rings is 2. The number of nitrogens with zero attached hydrogens (tertiary/aromatic N) is 1. The predicted molar refractivity (Wildman–Crippen MR) is 115 cm³/mol. The first-order chi connectivity index (χ1) is 13.0. The molecule has 0 aromatic heterocycles. The summed E-state index contributed by atoms with van der Waals surface area (Å²) in [6.07, 6.45) is 2.51. The lowest BCUT2D eigenvalue weighted by Crippen LogP contribution is -2.30. The first-order valence-corrected chi connectivity index (χ1v) is 9.84. The van der Waals surface area contributed by atoms with E-state index in [1.807, 2.05) is 36.4 Å². The van der Waals surface area contributed by atoms with Crippen LogP contribution in [0.4, 0.5) is 0 Å². The van der Waals surface area contributed by atoms with Crippen LogP contribution in [0.5, 0.6) is 11.5 Å². The molecule has 3 rings (SSSR count). The van der Waals surface area contributed by atoms with Gasteiger partial charge in [-0.05, 0) is 47.9 Å². The Kier molecular flexibility index (Phi) is 6.42. The highest BCUT2D eigenvalue weighted by Crippen LogP contribution is 2.33. The van der Waals surface area contributed by atoms with Crippen molar-refractivity contribution in [2.75, 3.05) is 20.8 Å². The van der Waals surface area contributed by atoms with Crippen molar-refractivity contribution in [1.29, 1.82) is 0 Å². The molecule has 0 aliphatic carbocycles. The van der Waals surface area contributed by atoms with E-state index in [1.54, 1.807) is 31.3 Å². The molecule has 2 aromatic rings. The lowest BCUT2D eigenvalue weighted by Gasteiger charge is -2.15. The maximum atomic E-state index is 12.7. The average Bonchev–Trinajstić information content (AvgIpc) is 2.94. The van der Waals surface area contributed by atoms with Crippen LogP contribution in [0, 0.1) is 0 Å². The fourth-order valence-corrected chi connectivity index (χ4v) is 4.11. The van der Waals surface area contributed by atoms with Crippen LogP contribution in [-0.2, 0) is 11.2 Å². The zero-order chi connectivity index (χ0) is 19.4. The summed E-state index contributed by atoms with van der Waals surface area (Å²) in [5.74, 6) is 1.28. The fourth-order valence-electron chi connectivity index (χ4n) is 2.68. The molecule has 0 spiro atoms. The van der Waals surface area contributed by atoms with Gasteiger partial charge in [0.05, 0.1) is 19.1 Å². The molecule has 0 atom stereocenters. The van der Waals surface area contributed by atoms with Crippen molar-refractivity contribution < 1.29 is 14.3 Å². The molecule has 0 N–H and O–H groups in total. The van der Waals surface area contributed by atoms with Crippen molar-refractivity contribution in [3.8, 4) is 11.5 Å². The van der Waals surface area contributed by atoms with Gasteiger partial charge < -0.3 is 9.47 Å². The van der Waals surface area contributed by atoms with Gasteiger partial charge in [0.15, 0.2) is 11.5 Å². The van der Waals surface area contributed by atoms with Crippen molar-refractivity contribution >= 4 is 51.9 Å². The summed E-state index contributed by atoms with van der Waals surface area (Å²) in [5, 5.41) is 0.662. The summed E-state index contributed by atoms with van der Waals surface area (Å²) in [5.41, 5.74) is 1.96. The Bertz CT molecular complexity index is 897. The van der Waals surface area contributed by atoms with Gasteiger partial charge in [0, 0.05) is 11.6 Å². The Hall–Kier alpha value is -2.02. The van der Waals surface area contributed by atoms with Crippen LogP contribution in [0.1, 0.15) is 11.1 Å². The standard InChI is InChI=1S/C20H18ClNO3S2/c1-24-16-8-5-14(11-17(16)25-2)9-10-22-19(23)18(27-20(22)26)12-13-3-6-15(21)7-4-13/h3-8,11-12H,9-10H2,1-2H3. The molecular formula is C20H18ClNO3S2. The molecule has 1 saturated heterocycles. The zero-order valence-electron chi connectivity index (χ0n) is 14.9. The lowest BCUT2D eigenvalue weighted by atomic mass is 10.1. The van der Waals surface area contributed by atoms with Crippen molar-refractivity contribution in [2.24, 2.45) is 0 Å². The first kappa shape index (κ1) is 19.7. The van der Waals surface area contributed by atoms with E-state index >= 15 is 0 Å². The molecule has 4 nitrogen and oxygen atoms in total. The van der Waals surface area contributed by atoms with Gasteiger partial charge in [-0.2, -0.15) is 0 Å². The second kappa shape index (κ2) is 8.78. The largest absolute Gasteiger partial charge is 0.493 e. The van der Waals surface area contributed by atoms with Gasteiger partial charge >= 0.3 is 0 Å². The van der Waals surface area contributed by atoms with E-state index in [0.29, 0.717) is 38.7 Å². The third-order valence-electron chi connectivity index (χ3n) is 4.11. The topological polar surface area (TPSA) is 38.8 Å². The number of thioether (sulfide) groups is 1. The molecule has 1 aliphatic rings. The summed E-state index contributed by atoms with van der Waals surface area (Å²) in [4.78, 5) is 15.0. The molecule has 1 amide bonds. The van der Waals surface area contributed by atoms with Gasteiger partial charge in [0.2, 0.25) is 0 Å². The maximum Gasteiger partial charge on any atom is 0.266 e. The third-order valence-corrected chi connectivity index (χ3v) is 5.74. The van der Waals surface area contributed by atoms with E-state index in [1.165, 1.54) is 11.8 Å².